The minimum absolute atomic E-state index is 0.0208. The van der Waals surface area contributed by atoms with Crippen LogP contribution in [0, 0.1) is 18.6 Å². The zero-order valence-corrected chi connectivity index (χ0v) is 16.3. The molecular formula is C22H19F2N5O. The van der Waals surface area contributed by atoms with Crippen LogP contribution in [0.15, 0.2) is 54.7 Å². The van der Waals surface area contributed by atoms with Gasteiger partial charge in [0.05, 0.1) is 11.7 Å². The number of urea groups is 1. The predicted octanol–water partition coefficient (Wildman–Crippen LogP) is 5.09. The third-order valence-corrected chi connectivity index (χ3v) is 4.81. The Hall–Kier alpha value is -3.81. The van der Waals surface area contributed by atoms with Gasteiger partial charge in [-0.3, -0.25) is 10.1 Å². The van der Waals surface area contributed by atoms with Gasteiger partial charge in [-0.05, 0) is 55.8 Å². The number of anilines is 1. The van der Waals surface area contributed by atoms with E-state index in [1.165, 1.54) is 18.2 Å². The lowest BCUT2D eigenvalue weighted by atomic mass is 10.1. The van der Waals surface area contributed by atoms with E-state index in [0.717, 1.165) is 16.8 Å². The minimum Gasteiger partial charge on any atom is -0.331 e. The third-order valence-electron chi connectivity index (χ3n) is 4.81. The highest BCUT2D eigenvalue weighted by Gasteiger charge is 2.17. The van der Waals surface area contributed by atoms with Crippen LogP contribution in [0.5, 0.6) is 0 Å². The molecule has 1 atom stereocenters. The monoisotopic (exact) mass is 407 g/mol. The normalized spacial score (nSPS) is 12.0. The third kappa shape index (κ3) is 3.84. The van der Waals surface area contributed by atoms with Gasteiger partial charge in [0, 0.05) is 22.8 Å². The first-order chi connectivity index (χ1) is 14.4. The molecular weight excluding hydrogens is 388 g/mol. The Bertz CT molecular complexity index is 1220. The largest absolute Gasteiger partial charge is 0.331 e. The molecule has 0 saturated carbocycles. The number of aromatic amines is 1. The van der Waals surface area contributed by atoms with Crippen LogP contribution in [-0.4, -0.2) is 21.2 Å². The molecule has 2 aromatic carbocycles. The van der Waals surface area contributed by atoms with Crippen molar-refractivity contribution >= 4 is 22.6 Å². The van der Waals surface area contributed by atoms with Gasteiger partial charge in [-0.25, -0.2) is 13.6 Å². The Balaban J connectivity index is 1.54. The number of carbonyl (C=O) groups is 1. The Labute approximate surface area is 171 Å². The molecule has 0 radical (unpaired) electrons. The molecule has 0 bridgehead atoms. The number of hydrogen-bond donors (Lipinski definition) is 3. The number of amides is 2. The lowest BCUT2D eigenvalue weighted by molar-refractivity contribution is 0.249. The second-order valence-electron chi connectivity index (χ2n) is 6.98. The van der Waals surface area contributed by atoms with Crippen LogP contribution in [-0.2, 0) is 0 Å². The van der Waals surface area contributed by atoms with E-state index in [1.807, 2.05) is 13.0 Å². The van der Waals surface area contributed by atoms with Gasteiger partial charge in [0.25, 0.3) is 0 Å². The number of nitrogens with one attached hydrogen (secondary N) is 3. The number of fused-ring (bicyclic) bond motifs is 1. The number of pyridine rings is 1. The summed E-state index contributed by atoms with van der Waals surface area (Å²) in [5.41, 5.74) is 3.20. The van der Waals surface area contributed by atoms with Crippen LogP contribution in [0.4, 0.5) is 19.3 Å². The number of carbonyl (C=O) groups excluding carboxylic acids is 1. The summed E-state index contributed by atoms with van der Waals surface area (Å²) in [6, 6.07) is 11.7. The number of rotatable bonds is 4. The second-order valence-corrected chi connectivity index (χ2v) is 6.98. The molecule has 2 aromatic heterocycles. The number of nitrogens with zero attached hydrogens (tertiary/aromatic N) is 2. The highest BCUT2D eigenvalue weighted by molar-refractivity contribution is 5.98. The summed E-state index contributed by atoms with van der Waals surface area (Å²) >= 11 is 0. The van der Waals surface area contributed by atoms with E-state index in [0.29, 0.717) is 11.1 Å². The van der Waals surface area contributed by atoms with Crippen molar-refractivity contribution in [1.82, 2.24) is 20.5 Å². The first kappa shape index (κ1) is 19.5. The maximum Gasteiger partial charge on any atom is 0.319 e. The molecule has 6 nitrogen and oxygen atoms in total. The lowest BCUT2D eigenvalue weighted by Crippen LogP contribution is -2.31. The maximum absolute atomic E-state index is 15.0. The first-order valence-electron chi connectivity index (χ1n) is 9.35. The predicted molar refractivity (Wildman–Crippen MR) is 111 cm³/mol. The molecule has 2 heterocycles. The van der Waals surface area contributed by atoms with E-state index in [1.54, 1.807) is 37.4 Å². The van der Waals surface area contributed by atoms with Crippen LogP contribution < -0.4 is 10.6 Å². The quantitative estimate of drug-likeness (QED) is 0.440. The Kier molecular flexibility index (Phi) is 5.14. The molecule has 2 amide bonds. The number of halogens is 2. The summed E-state index contributed by atoms with van der Waals surface area (Å²) in [7, 11) is 0. The van der Waals surface area contributed by atoms with Gasteiger partial charge in [0.2, 0.25) is 0 Å². The van der Waals surface area contributed by atoms with Crippen LogP contribution >= 0.6 is 0 Å². The fraction of sp³-hybridized carbons (Fsp3) is 0.136. The topological polar surface area (TPSA) is 82.7 Å². The van der Waals surface area contributed by atoms with E-state index in [2.05, 4.69) is 25.8 Å². The van der Waals surface area contributed by atoms with E-state index >= 15 is 0 Å². The molecule has 30 heavy (non-hydrogen) atoms. The van der Waals surface area contributed by atoms with Crippen LogP contribution in [0.25, 0.3) is 22.2 Å². The number of benzene rings is 2. The molecule has 8 heteroatoms. The molecule has 0 saturated heterocycles. The van der Waals surface area contributed by atoms with Gasteiger partial charge in [0.15, 0.2) is 5.82 Å². The van der Waals surface area contributed by atoms with E-state index in [9.17, 15) is 13.6 Å². The van der Waals surface area contributed by atoms with Crippen LogP contribution in [0.1, 0.15) is 24.2 Å². The number of H-pyrrole nitrogens is 1. The van der Waals surface area contributed by atoms with Crippen molar-refractivity contribution in [2.75, 3.05) is 5.32 Å². The van der Waals surface area contributed by atoms with Gasteiger partial charge in [-0.1, -0.05) is 12.1 Å². The highest BCUT2D eigenvalue weighted by Crippen LogP contribution is 2.31. The molecule has 0 spiro atoms. The average Bonchev–Trinajstić information content (AvgIpc) is 3.15. The van der Waals surface area contributed by atoms with Crippen molar-refractivity contribution in [3.63, 3.8) is 0 Å². The molecule has 4 rings (SSSR count). The first-order valence-corrected chi connectivity index (χ1v) is 9.35. The Morgan fingerprint density at radius 2 is 1.87 bits per heavy atom. The maximum atomic E-state index is 15.0. The van der Waals surface area contributed by atoms with E-state index in [-0.39, 0.29) is 23.1 Å². The molecule has 4 aromatic rings. The Morgan fingerprint density at radius 1 is 1.10 bits per heavy atom. The van der Waals surface area contributed by atoms with E-state index in [4.69, 9.17) is 0 Å². The molecule has 3 N–H and O–H groups in total. The number of aromatic nitrogens is 3. The van der Waals surface area contributed by atoms with Gasteiger partial charge < -0.3 is 10.6 Å². The molecule has 0 aliphatic heterocycles. The molecule has 0 fully saturated rings. The van der Waals surface area contributed by atoms with E-state index < -0.39 is 11.8 Å². The summed E-state index contributed by atoms with van der Waals surface area (Å²) in [5, 5.41) is 12.8. The van der Waals surface area contributed by atoms with Gasteiger partial charge >= 0.3 is 6.03 Å². The second kappa shape index (κ2) is 7.90. The minimum atomic E-state index is -0.610. The van der Waals surface area contributed by atoms with Gasteiger partial charge in [0.1, 0.15) is 17.0 Å². The van der Waals surface area contributed by atoms with Crippen LogP contribution in [0.2, 0.25) is 0 Å². The summed E-state index contributed by atoms with van der Waals surface area (Å²) in [5.74, 6) is -0.965. The summed E-state index contributed by atoms with van der Waals surface area (Å²) in [6.45, 7) is 3.62. The SMILES string of the molecule is Cc1cc(-c2n[nH]c3c(F)c(NC(=O)N[C@H](C)c4ccc(F)cc4)ccc23)ccn1. The summed E-state index contributed by atoms with van der Waals surface area (Å²) in [4.78, 5) is 16.5. The average molecular weight is 407 g/mol. The zero-order chi connectivity index (χ0) is 21.3. The molecule has 152 valence electrons. The van der Waals surface area contributed by atoms with Gasteiger partial charge in [-0.2, -0.15) is 5.10 Å². The summed E-state index contributed by atoms with van der Waals surface area (Å²) in [6.07, 6.45) is 1.67. The molecule has 0 aliphatic carbocycles. The van der Waals surface area contributed by atoms with Crippen molar-refractivity contribution in [3.8, 4) is 11.3 Å². The van der Waals surface area contributed by atoms with Crippen molar-refractivity contribution in [2.24, 2.45) is 0 Å². The highest BCUT2D eigenvalue weighted by atomic mass is 19.1. The number of hydrogen-bond acceptors (Lipinski definition) is 3. The zero-order valence-electron chi connectivity index (χ0n) is 16.3. The van der Waals surface area contributed by atoms with Gasteiger partial charge in [-0.15, -0.1) is 0 Å². The van der Waals surface area contributed by atoms with Crippen molar-refractivity contribution < 1.29 is 13.6 Å². The number of aryl methyl sites for hydroxylation is 1. The van der Waals surface area contributed by atoms with Crippen molar-refractivity contribution in [1.29, 1.82) is 0 Å². The Morgan fingerprint density at radius 3 is 2.60 bits per heavy atom. The van der Waals surface area contributed by atoms with Crippen LogP contribution in [0.3, 0.4) is 0 Å². The fourth-order valence-corrected chi connectivity index (χ4v) is 3.25. The smallest absolute Gasteiger partial charge is 0.319 e. The van der Waals surface area contributed by atoms with Crippen molar-refractivity contribution in [2.45, 2.75) is 19.9 Å². The molecule has 0 unspecified atom stereocenters. The molecule has 0 aliphatic rings. The van der Waals surface area contributed by atoms with Crippen molar-refractivity contribution in [3.05, 3.63) is 77.6 Å². The summed E-state index contributed by atoms with van der Waals surface area (Å²) < 4.78 is 28.0. The fourth-order valence-electron chi connectivity index (χ4n) is 3.25. The lowest BCUT2D eigenvalue weighted by Gasteiger charge is -2.15. The standard InChI is InChI=1S/C22H19F2N5O/c1-12-11-15(9-10-25-12)20-17-7-8-18(19(24)21(17)29-28-20)27-22(30)26-13(2)14-3-5-16(23)6-4-14/h3-11,13H,1-2H3,(H,28,29)(H2,26,27,30)/t13-/m1/s1.